The first kappa shape index (κ1) is 15.8. The molecule has 5 heteroatoms. The number of carbonyl (C=O) groups is 1. The Kier molecular flexibility index (Phi) is 4.33. The van der Waals surface area contributed by atoms with Gasteiger partial charge in [0.05, 0.1) is 0 Å². The third-order valence-electron chi connectivity index (χ3n) is 3.64. The van der Waals surface area contributed by atoms with Crippen LogP contribution in [0.5, 0.6) is 11.5 Å². The van der Waals surface area contributed by atoms with E-state index in [2.05, 4.69) is 0 Å². The largest absolute Gasteiger partial charge is 0.482 e. The molecule has 0 amide bonds. The highest BCUT2D eigenvalue weighted by Gasteiger charge is 2.13. The summed E-state index contributed by atoms with van der Waals surface area (Å²) in [6.45, 7) is 3.36. The Bertz CT molecular complexity index is 941. The summed E-state index contributed by atoms with van der Waals surface area (Å²) in [5, 5.41) is 0.812. The van der Waals surface area contributed by atoms with E-state index in [0.717, 1.165) is 10.9 Å². The number of benzene rings is 2. The zero-order valence-electron chi connectivity index (χ0n) is 13.4. The number of ether oxygens (including phenoxy) is 2. The highest BCUT2D eigenvalue weighted by molar-refractivity contribution is 5.86. The molecule has 0 saturated carbocycles. The molecule has 3 rings (SSSR count). The number of fused-ring (bicyclic) bond motifs is 1. The summed E-state index contributed by atoms with van der Waals surface area (Å²) in [5.41, 5.74) is 1.41. The molecule has 1 heterocycles. The number of rotatable bonds is 4. The van der Waals surface area contributed by atoms with Crippen LogP contribution in [0.1, 0.15) is 11.1 Å². The smallest absolute Gasteiger partial charge is 0.349 e. The average molecular weight is 324 g/mol. The zero-order chi connectivity index (χ0) is 17.1. The van der Waals surface area contributed by atoms with Crippen molar-refractivity contribution in [3.8, 4) is 11.5 Å². The first-order chi connectivity index (χ1) is 11.5. The maximum absolute atomic E-state index is 12.0. The van der Waals surface area contributed by atoms with Gasteiger partial charge < -0.3 is 13.9 Å². The molecule has 0 bridgehead atoms. The van der Waals surface area contributed by atoms with Crippen LogP contribution < -0.4 is 15.1 Å². The van der Waals surface area contributed by atoms with Crippen LogP contribution in [0.3, 0.4) is 0 Å². The number of esters is 1. The molecule has 5 nitrogen and oxygen atoms in total. The molecule has 0 spiro atoms. The molecule has 1 aromatic heterocycles. The molecule has 0 saturated heterocycles. The summed E-state index contributed by atoms with van der Waals surface area (Å²) in [6.07, 6.45) is 0. The van der Waals surface area contributed by atoms with Crippen LogP contribution in [0.15, 0.2) is 57.7 Å². The van der Waals surface area contributed by atoms with Crippen LogP contribution in [0.2, 0.25) is 0 Å². The lowest BCUT2D eigenvalue weighted by Crippen LogP contribution is -2.18. The van der Waals surface area contributed by atoms with Gasteiger partial charge in [-0.1, -0.05) is 18.2 Å². The second-order valence-corrected chi connectivity index (χ2v) is 5.39. The zero-order valence-corrected chi connectivity index (χ0v) is 13.4. The van der Waals surface area contributed by atoms with E-state index in [4.69, 9.17) is 13.9 Å². The van der Waals surface area contributed by atoms with Crippen LogP contribution >= 0.6 is 0 Å². The van der Waals surface area contributed by atoms with E-state index in [1.54, 1.807) is 31.2 Å². The van der Waals surface area contributed by atoms with Gasteiger partial charge in [0, 0.05) is 17.0 Å². The van der Waals surface area contributed by atoms with E-state index < -0.39 is 11.6 Å². The third-order valence-corrected chi connectivity index (χ3v) is 3.64. The van der Waals surface area contributed by atoms with E-state index in [9.17, 15) is 9.59 Å². The normalized spacial score (nSPS) is 10.6. The minimum atomic E-state index is -0.531. The SMILES string of the molecule is Cc1cc(=O)oc2c(C)c(OC(=O)COc3ccccc3)ccc12. The van der Waals surface area contributed by atoms with Crippen LogP contribution in [0.25, 0.3) is 11.0 Å². The Hall–Kier alpha value is -3.08. The molecule has 0 N–H and O–H groups in total. The van der Waals surface area contributed by atoms with Crippen molar-refractivity contribution in [3.63, 3.8) is 0 Å². The van der Waals surface area contributed by atoms with Crippen LogP contribution in [0, 0.1) is 13.8 Å². The molecule has 0 radical (unpaired) electrons. The van der Waals surface area contributed by atoms with Crippen LogP contribution in [-0.4, -0.2) is 12.6 Å². The Labute approximate surface area is 138 Å². The van der Waals surface area contributed by atoms with Crippen molar-refractivity contribution in [2.75, 3.05) is 6.61 Å². The van der Waals surface area contributed by atoms with Gasteiger partial charge in [-0.05, 0) is 43.7 Å². The molecule has 122 valence electrons. The van der Waals surface area contributed by atoms with Crippen molar-refractivity contribution in [1.82, 2.24) is 0 Å². The maximum atomic E-state index is 12.0. The lowest BCUT2D eigenvalue weighted by atomic mass is 10.1. The van der Waals surface area contributed by atoms with E-state index >= 15 is 0 Å². The number of carbonyl (C=O) groups excluding carboxylic acids is 1. The van der Waals surface area contributed by atoms with E-state index in [1.165, 1.54) is 6.07 Å². The molecule has 2 aromatic carbocycles. The van der Waals surface area contributed by atoms with Gasteiger partial charge >= 0.3 is 11.6 Å². The molecular formula is C19H16O5. The molecule has 3 aromatic rings. The lowest BCUT2D eigenvalue weighted by Gasteiger charge is -2.10. The van der Waals surface area contributed by atoms with Gasteiger partial charge in [0.25, 0.3) is 0 Å². The van der Waals surface area contributed by atoms with Crippen molar-refractivity contribution in [3.05, 3.63) is 70.1 Å². The van der Waals surface area contributed by atoms with Gasteiger partial charge in [0.2, 0.25) is 0 Å². The molecule has 0 aliphatic heterocycles. The standard InChI is InChI=1S/C19H16O5/c1-12-10-17(20)24-19-13(2)16(9-8-15(12)19)23-18(21)11-22-14-6-4-3-5-7-14/h3-10H,11H2,1-2H3. The Morgan fingerprint density at radius 1 is 1.08 bits per heavy atom. The van der Waals surface area contributed by atoms with Gasteiger partial charge in [-0.2, -0.15) is 0 Å². The highest BCUT2D eigenvalue weighted by atomic mass is 16.6. The molecule has 0 unspecified atom stereocenters. The van der Waals surface area contributed by atoms with Crippen molar-refractivity contribution in [2.24, 2.45) is 0 Å². The maximum Gasteiger partial charge on any atom is 0.349 e. The third kappa shape index (κ3) is 3.30. The summed E-state index contributed by atoms with van der Waals surface area (Å²) >= 11 is 0. The van der Waals surface area contributed by atoms with Crippen LogP contribution in [-0.2, 0) is 4.79 Å². The molecule has 24 heavy (non-hydrogen) atoms. The monoisotopic (exact) mass is 324 g/mol. The quantitative estimate of drug-likeness (QED) is 0.418. The minimum Gasteiger partial charge on any atom is -0.482 e. The fraction of sp³-hybridized carbons (Fsp3) is 0.158. The molecule has 0 atom stereocenters. The summed E-state index contributed by atoms with van der Waals surface area (Å²) in [7, 11) is 0. The van der Waals surface area contributed by atoms with Gasteiger partial charge in [-0.15, -0.1) is 0 Å². The van der Waals surface area contributed by atoms with Crippen molar-refractivity contribution >= 4 is 16.9 Å². The molecule has 0 fully saturated rings. The summed E-state index contributed by atoms with van der Waals surface area (Å²) < 4.78 is 15.9. The van der Waals surface area contributed by atoms with Gasteiger partial charge in [-0.3, -0.25) is 0 Å². The summed E-state index contributed by atoms with van der Waals surface area (Å²) in [6, 6.07) is 13.9. The van der Waals surface area contributed by atoms with Gasteiger partial charge in [-0.25, -0.2) is 9.59 Å². The number of aryl methyl sites for hydroxylation is 2. The second kappa shape index (κ2) is 6.58. The molecule has 0 aliphatic carbocycles. The highest BCUT2D eigenvalue weighted by Crippen LogP contribution is 2.28. The van der Waals surface area contributed by atoms with Gasteiger partial charge in [0.1, 0.15) is 17.1 Å². The van der Waals surface area contributed by atoms with Crippen LogP contribution in [0.4, 0.5) is 0 Å². The predicted molar refractivity (Wildman–Crippen MR) is 89.5 cm³/mol. The van der Waals surface area contributed by atoms with Crippen molar-refractivity contribution in [2.45, 2.75) is 13.8 Å². The lowest BCUT2D eigenvalue weighted by molar-refractivity contribution is -0.136. The van der Waals surface area contributed by atoms with E-state index in [1.807, 2.05) is 25.1 Å². The number of para-hydroxylation sites is 1. The second-order valence-electron chi connectivity index (χ2n) is 5.39. The fourth-order valence-electron chi connectivity index (χ4n) is 2.42. The first-order valence-corrected chi connectivity index (χ1v) is 7.47. The fourth-order valence-corrected chi connectivity index (χ4v) is 2.42. The Morgan fingerprint density at radius 3 is 2.58 bits per heavy atom. The minimum absolute atomic E-state index is 0.209. The van der Waals surface area contributed by atoms with Crippen molar-refractivity contribution in [1.29, 1.82) is 0 Å². The molecular weight excluding hydrogens is 308 g/mol. The van der Waals surface area contributed by atoms with E-state index in [0.29, 0.717) is 22.6 Å². The Morgan fingerprint density at radius 2 is 1.83 bits per heavy atom. The molecule has 0 aliphatic rings. The van der Waals surface area contributed by atoms with E-state index in [-0.39, 0.29) is 6.61 Å². The number of hydrogen-bond donors (Lipinski definition) is 0. The summed E-state index contributed by atoms with van der Waals surface area (Å²) in [5.74, 6) is 0.403. The van der Waals surface area contributed by atoms with Gasteiger partial charge in [0.15, 0.2) is 6.61 Å². The first-order valence-electron chi connectivity index (χ1n) is 7.47. The average Bonchev–Trinajstić information content (AvgIpc) is 2.57. The predicted octanol–water partition coefficient (Wildman–Crippen LogP) is 3.39. The topological polar surface area (TPSA) is 65.7 Å². The van der Waals surface area contributed by atoms with Crippen molar-refractivity contribution < 1.29 is 18.7 Å². The Balaban J connectivity index is 1.79. The number of hydrogen-bond acceptors (Lipinski definition) is 5. The summed E-state index contributed by atoms with van der Waals surface area (Å²) in [4.78, 5) is 23.5.